The molecule has 0 aliphatic rings. The van der Waals surface area contributed by atoms with Gasteiger partial charge in [-0.05, 0) is 5.56 Å². The lowest BCUT2D eigenvalue weighted by atomic mass is 10.1. The highest BCUT2D eigenvalue weighted by Crippen LogP contribution is 2.26. The highest BCUT2D eigenvalue weighted by atomic mass is 32.1. The van der Waals surface area contributed by atoms with Crippen molar-refractivity contribution in [2.24, 2.45) is 0 Å². The third kappa shape index (κ3) is 1.06. The Labute approximate surface area is 85.4 Å². The fourth-order valence-corrected chi connectivity index (χ4v) is 2.36. The molecular weight excluding hydrogens is 192 g/mol. The maximum Gasteiger partial charge on any atom is 0.127 e. The van der Waals surface area contributed by atoms with E-state index in [1.807, 2.05) is 35.1 Å². The third-order valence-electron chi connectivity index (χ3n) is 2.22. The zero-order chi connectivity index (χ0) is 9.38. The van der Waals surface area contributed by atoms with E-state index in [0.29, 0.717) is 0 Å². The van der Waals surface area contributed by atoms with Crippen molar-refractivity contribution < 1.29 is 0 Å². The fourth-order valence-electron chi connectivity index (χ4n) is 1.54. The summed E-state index contributed by atoms with van der Waals surface area (Å²) >= 11 is 1.72. The Hall–Kier alpha value is -1.61. The summed E-state index contributed by atoms with van der Waals surface area (Å²) in [6.07, 6.45) is 3.90. The van der Waals surface area contributed by atoms with Gasteiger partial charge in [0.05, 0.1) is 6.20 Å². The van der Waals surface area contributed by atoms with Crippen LogP contribution in [0.15, 0.2) is 48.1 Å². The molecule has 0 N–H and O–H groups in total. The molecule has 14 heavy (non-hydrogen) atoms. The second-order valence-corrected chi connectivity index (χ2v) is 3.97. The van der Waals surface area contributed by atoms with Crippen LogP contribution in [0.2, 0.25) is 0 Å². The Morgan fingerprint density at radius 2 is 2.00 bits per heavy atom. The van der Waals surface area contributed by atoms with Crippen molar-refractivity contribution in [1.82, 2.24) is 9.61 Å². The van der Waals surface area contributed by atoms with Gasteiger partial charge in [-0.25, -0.2) is 4.52 Å². The molecule has 0 spiro atoms. The quantitative estimate of drug-likeness (QED) is 0.590. The standard InChI is InChI=1S/C11H8N2S/c1-2-4-9(5-3-1)10-8-12-13-6-7-14-11(10)13/h1-8H. The molecule has 0 aliphatic carbocycles. The summed E-state index contributed by atoms with van der Waals surface area (Å²) < 4.78 is 1.91. The number of nitrogens with zero attached hydrogens (tertiary/aromatic N) is 2. The Morgan fingerprint density at radius 1 is 1.14 bits per heavy atom. The summed E-state index contributed by atoms with van der Waals surface area (Å²) in [5, 5.41) is 6.33. The van der Waals surface area contributed by atoms with Crippen LogP contribution in [0.25, 0.3) is 16.0 Å². The van der Waals surface area contributed by atoms with E-state index in [0.717, 1.165) is 0 Å². The molecule has 3 aromatic rings. The van der Waals surface area contributed by atoms with Gasteiger partial charge in [0.15, 0.2) is 0 Å². The topological polar surface area (TPSA) is 17.3 Å². The second kappa shape index (κ2) is 2.96. The van der Waals surface area contributed by atoms with Gasteiger partial charge in [0.1, 0.15) is 4.83 Å². The summed E-state index contributed by atoms with van der Waals surface area (Å²) in [7, 11) is 0. The van der Waals surface area contributed by atoms with Gasteiger partial charge in [-0.3, -0.25) is 0 Å². The molecule has 0 saturated carbocycles. The Balaban J connectivity index is 2.28. The average molecular weight is 200 g/mol. The molecule has 68 valence electrons. The smallest absolute Gasteiger partial charge is 0.127 e. The highest BCUT2D eigenvalue weighted by molar-refractivity contribution is 7.16. The zero-order valence-electron chi connectivity index (χ0n) is 7.42. The van der Waals surface area contributed by atoms with E-state index >= 15 is 0 Å². The molecule has 2 heterocycles. The molecule has 0 aliphatic heterocycles. The van der Waals surface area contributed by atoms with Crippen molar-refractivity contribution in [2.45, 2.75) is 0 Å². The maximum absolute atomic E-state index is 4.28. The molecule has 0 unspecified atom stereocenters. The first-order chi connectivity index (χ1) is 6.95. The highest BCUT2D eigenvalue weighted by Gasteiger charge is 2.05. The molecule has 0 bridgehead atoms. The normalized spacial score (nSPS) is 10.9. The molecular formula is C11H8N2S. The Morgan fingerprint density at radius 3 is 2.86 bits per heavy atom. The van der Waals surface area contributed by atoms with Gasteiger partial charge >= 0.3 is 0 Å². The fraction of sp³-hybridized carbons (Fsp3) is 0. The van der Waals surface area contributed by atoms with Crippen LogP contribution in [0.3, 0.4) is 0 Å². The summed E-state index contributed by atoms with van der Waals surface area (Å²) in [5.41, 5.74) is 2.44. The second-order valence-electron chi connectivity index (χ2n) is 3.08. The van der Waals surface area contributed by atoms with Gasteiger partial charge in [0.25, 0.3) is 0 Å². The molecule has 0 fully saturated rings. The number of fused-ring (bicyclic) bond motifs is 1. The summed E-state index contributed by atoms with van der Waals surface area (Å²) in [4.78, 5) is 1.20. The van der Waals surface area contributed by atoms with E-state index in [1.54, 1.807) is 11.3 Å². The van der Waals surface area contributed by atoms with Crippen LogP contribution in [0.5, 0.6) is 0 Å². The van der Waals surface area contributed by atoms with Crippen LogP contribution in [0, 0.1) is 0 Å². The molecule has 0 radical (unpaired) electrons. The summed E-state index contributed by atoms with van der Waals surface area (Å²) in [6, 6.07) is 10.3. The van der Waals surface area contributed by atoms with E-state index in [4.69, 9.17) is 0 Å². The monoisotopic (exact) mass is 200 g/mol. The van der Waals surface area contributed by atoms with Gasteiger partial charge < -0.3 is 0 Å². The number of hydrogen-bond acceptors (Lipinski definition) is 2. The van der Waals surface area contributed by atoms with E-state index in [-0.39, 0.29) is 0 Å². The van der Waals surface area contributed by atoms with Crippen molar-refractivity contribution in [3.63, 3.8) is 0 Å². The lowest BCUT2D eigenvalue weighted by Gasteiger charge is -1.94. The lowest BCUT2D eigenvalue weighted by molar-refractivity contribution is 0.978. The van der Waals surface area contributed by atoms with Gasteiger partial charge in [0, 0.05) is 17.1 Å². The molecule has 0 amide bonds. The first-order valence-corrected chi connectivity index (χ1v) is 5.29. The van der Waals surface area contributed by atoms with E-state index in [2.05, 4.69) is 22.6 Å². The molecule has 3 rings (SSSR count). The molecule has 2 aromatic heterocycles. The zero-order valence-corrected chi connectivity index (χ0v) is 8.24. The van der Waals surface area contributed by atoms with Crippen molar-refractivity contribution in [3.05, 3.63) is 48.1 Å². The summed E-state index contributed by atoms with van der Waals surface area (Å²) in [5.74, 6) is 0. The molecule has 0 atom stereocenters. The van der Waals surface area contributed by atoms with Gasteiger partial charge in [-0.2, -0.15) is 5.10 Å². The van der Waals surface area contributed by atoms with Crippen molar-refractivity contribution >= 4 is 16.2 Å². The number of rotatable bonds is 1. The minimum atomic E-state index is 1.20. The summed E-state index contributed by atoms with van der Waals surface area (Å²) in [6.45, 7) is 0. The van der Waals surface area contributed by atoms with Crippen LogP contribution < -0.4 is 0 Å². The molecule has 1 aromatic carbocycles. The molecule has 2 nitrogen and oxygen atoms in total. The number of aromatic nitrogens is 2. The van der Waals surface area contributed by atoms with E-state index < -0.39 is 0 Å². The minimum Gasteiger partial charge on any atom is -0.229 e. The average Bonchev–Trinajstić information content (AvgIpc) is 2.79. The van der Waals surface area contributed by atoms with Crippen LogP contribution >= 0.6 is 11.3 Å². The number of thiazole rings is 1. The van der Waals surface area contributed by atoms with Crippen LogP contribution in [0.4, 0.5) is 0 Å². The predicted octanol–water partition coefficient (Wildman–Crippen LogP) is 3.06. The Bertz CT molecular complexity index is 551. The number of benzene rings is 1. The van der Waals surface area contributed by atoms with Gasteiger partial charge in [-0.15, -0.1) is 11.3 Å². The molecule has 0 saturated heterocycles. The largest absolute Gasteiger partial charge is 0.229 e. The maximum atomic E-state index is 4.28. The van der Waals surface area contributed by atoms with Crippen molar-refractivity contribution in [1.29, 1.82) is 0 Å². The lowest BCUT2D eigenvalue weighted by Crippen LogP contribution is -1.75. The third-order valence-corrected chi connectivity index (χ3v) is 3.10. The van der Waals surface area contributed by atoms with Crippen LogP contribution in [-0.2, 0) is 0 Å². The van der Waals surface area contributed by atoms with Gasteiger partial charge in [-0.1, -0.05) is 30.3 Å². The van der Waals surface area contributed by atoms with Gasteiger partial charge in [0.2, 0.25) is 0 Å². The number of hydrogen-bond donors (Lipinski definition) is 0. The van der Waals surface area contributed by atoms with Crippen LogP contribution in [-0.4, -0.2) is 9.61 Å². The predicted molar refractivity (Wildman–Crippen MR) is 58.5 cm³/mol. The molecule has 3 heteroatoms. The van der Waals surface area contributed by atoms with E-state index in [9.17, 15) is 0 Å². The minimum absolute atomic E-state index is 1.20. The SMILES string of the molecule is c1ccc(-c2cnn3ccsc23)cc1. The van der Waals surface area contributed by atoms with Crippen LogP contribution in [0.1, 0.15) is 0 Å². The first-order valence-electron chi connectivity index (χ1n) is 4.41. The van der Waals surface area contributed by atoms with E-state index in [1.165, 1.54) is 16.0 Å². The van der Waals surface area contributed by atoms with Crippen molar-refractivity contribution in [2.75, 3.05) is 0 Å². The Kier molecular flexibility index (Phi) is 1.64. The van der Waals surface area contributed by atoms with Crippen molar-refractivity contribution in [3.8, 4) is 11.1 Å². The first kappa shape index (κ1) is 7.76.